The summed E-state index contributed by atoms with van der Waals surface area (Å²) < 4.78 is 40.7. The Morgan fingerprint density at radius 2 is 2.00 bits per heavy atom. The Morgan fingerprint density at radius 3 is 2.59 bits per heavy atom. The van der Waals surface area contributed by atoms with Gasteiger partial charge in [-0.05, 0) is 19.1 Å². The number of carbonyl (C=O) groups excluding carboxylic acids is 2. The van der Waals surface area contributed by atoms with Gasteiger partial charge < -0.3 is 14.8 Å². The number of benzene rings is 1. The number of rotatable bonds is 7. The summed E-state index contributed by atoms with van der Waals surface area (Å²) in [5, 5.41) is 2.89. The van der Waals surface area contributed by atoms with E-state index in [1.165, 1.54) is 34.9 Å². The molecule has 0 aliphatic heterocycles. The topological polar surface area (TPSA) is 67.2 Å². The third-order valence-corrected chi connectivity index (χ3v) is 4.72. The highest BCUT2D eigenvalue weighted by atomic mass is 32.2. The van der Waals surface area contributed by atoms with Crippen molar-refractivity contribution in [3.63, 3.8) is 0 Å². The zero-order chi connectivity index (χ0) is 20.0. The van der Waals surface area contributed by atoms with E-state index in [4.69, 9.17) is 0 Å². The van der Waals surface area contributed by atoms with E-state index in [1.54, 1.807) is 30.9 Å². The summed E-state index contributed by atoms with van der Waals surface area (Å²) >= 11 is 1.22. The van der Waals surface area contributed by atoms with Crippen LogP contribution in [0.2, 0.25) is 0 Å². The summed E-state index contributed by atoms with van der Waals surface area (Å²) in [6.45, 7) is 1.62. The van der Waals surface area contributed by atoms with E-state index in [0.717, 1.165) is 6.07 Å². The number of amides is 2. The first kappa shape index (κ1) is 20.8. The van der Waals surface area contributed by atoms with Gasteiger partial charge in [0.25, 0.3) is 0 Å². The molecule has 0 saturated carbocycles. The number of para-hydroxylation sites is 1. The molecule has 6 nitrogen and oxygen atoms in total. The Kier molecular flexibility index (Phi) is 6.89. The van der Waals surface area contributed by atoms with Gasteiger partial charge in [0.15, 0.2) is 5.16 Å². The van der Waals surface area contributed by atoms with Gasteiger partial charge in [0.2, 0.25) is 11.8 Å². The van der Waals surface area contributed by atoms with E-state index >= 15 is 0 Å². The van der Waals surface area contributed by atoms with Crippen molar-refractivity contribution in [1.29, 1.82) is 0 Å². The Labute approximate surface area is 158 Å². The highest BCUT2D eigenvalue weighted by Gasteiger charge is 2.33. The number of aryl methyl sites for hydroxylation is 1. The quantitative estimate of drug-likeness (QED) is 0.726. The molecule has 2 rings (SSSR count). The summed E-state index contributed by atoms with van der Waals surface area (Å²) in [6.07, 6.45) is -1.23. The number of likely N-dealkylation sites (N-methyl/N-ethyl adjacent to an activating group) is 1. The van der Waals surface area contributed by atoms with Crippen molar-refractivity contribution in [2.75, 3.05) is 24.2 Å². The summed E-state index contributed by atoms with van der Waals surface area (Å²) in [5.74, 6) is -0.917. The Bertz CT molecular complexity index is 807. The van der Waals surface area contributed by atoms with Crippen molar-refractivity contribution in [1.82, 2.24) is 14.5 Å². The monoisotopic (exact) mass is 400 g/mol. The van der Waals surface area contributed by atoms with Crippen molar-refractivity contribution in [3.05, 3.63) is 42.2 Å². The minimum Gasteiger partial charge on any atom is -0.333 e. The lowest BCUT2D eigenvalue weighted by Gasteiger charge is -2.21. The molecule has 2 amide bonds. The Hall–Kier alpha value is -2.49. The predicted octanol–water partition coefficient (Wildman–Crippen LogP) is 3.02. The number of aromatic nitrogens is 2. The standard InChI is InChI=1S/C17H19F3N4O2S/c1-3-24(15(26)11-27-16-21-8-9-23(16)2)10-14(25)22-13-7-5-4-6-12(13)17(18,19)20/h4-9H,3,10-11H2,1-2H3,(H,22,25). The number of alkyl halides is 3. The molecule has 10 heteroatoms. The SMILES string of the molecule is CCN(CC(=O)Nc1ccccc1C(F)(F)F)C(=O)CSc1nccn1C. The third-order valence-electron chi connectivity index (χ3n) is 3.68. The molecule has 0 spiro atoms. The van der Waals surface area contributed by atoms with E-state index < -0.39 is 17.6 Å². The third kappa shape index (κ3) is 5.75. The molecule has 0 atom stereocenters. The molecule has 1 N–H and O–H groups in total. The van der Waals surface area contributed by atoms with Crippen LogP contribution in [0.1, 0.15) is 12.5 Å². The molecule has 0 fully saturated rings. The van der Waals surface area contributed by atoms with Gasteiger partial charge in [-0.3, -0.25) is 9.59 Å². The predicted molar refractivity (Wildman–Crippen MR) is 96.3 cm³/mol. The second-order valence-electron chi connectivity index (χ2n) is 5.61. The number of imidazole rings is 1. The van der Waals surface area contributed by atoms with Crippen LogP contribution >= 0.6 is 11.8 Å². The summed E-state index contributed by atoms with van der Waals surface area (Å²) in [6, 6.07) is 4.71. The van der Waals surface area contributed by atoms with Gasteiger partial charge in [-0.15, -0.1) is 0 Å². The van der Waals surface area contributed by atoms with Gasteiger partial charge in [-0.2, -0.15) is 13.2 Å². The lowest BCUT2D eigenvalue weighted by molar-refractivity contribution is -0.137. The highest BCUT2D eigenvalue weighted by Crippen LogP contribution is 2.34. The number of carbonyl (C=O) groups is 2. The molecule has 0 bridgehead atoms. The number of hydrogen-bond acceptors (Lipinski definition) is 4. The maximum Gasteiger partial charge on any atom is 0.418 e. The Morgan fingerprint density at radius 1 is 1.30 bits per heavy atom. The lowest BCUT2D eigenvalue weighted by Crippen LogP contribution is -2.39. The first-order chi connectivity index (χ1) is 12.7. The molecular formula is C17H19F3N4O2S. The van der Waals surface area contributed by atoms with Gasteiger partial charge in [-0.1, -0.05) is 23.9 Å². The fraction of sp³-hybridized carbons (Fsp3) is 0.353. The fourth-order valence-corrected chi connectivity index (χ4v) is 3.12. The zero-order valence-electron chi connectivity index (χ0n) is 14.8. The molecular weight excluding hydrogens is 381 g/mol. The fourth-order valence-electron chi connectivity index (χ4n) is 2.29. The van der Waals surface area contributed by atoms with E-state index in [-0.39, 0.29) is 30.4 Å². The molecule has 1 aromatic carbocycles. The number of hydrogen-bond donors (Lipinski definition) is 1. The smallest absolute Gasteiger partial charge is 0.333 e. The second kappa shape index (κ2) is 8.94. The first-order valence-corrected chi connectivity index (χ1v) is 9.05. The first-order valence-electron chi connectivity index (χ1n) is 8.06. The number of thioether (sulfide) groups is 1. The van der Waals surface area contributed by atoms with Crippen LogP contribution in [-0.2, 0) is 22.8 Å². The summed E-state index contributed by atoms with van der Waals surface area (Å²) in [7, 11) is 1.79. The number of nitrogens with one attached hydrogen (secondary N) is 1. The average Bonchev–Trinajstić information content (AvgIpc) is 3.02. The molecule has 1 heterocycles. The molecule has 0 aliphatic carbocycles. The molecule has 2 aromatic rings. The van der Waals surface area contributed by atoms with E-state index in [2.05, 4.69) is 10.3 Å². The van der Waals surface area contributed by atoms with E-state index in [9.17, 15) is 22.8 Å². The summed E-state index contributed by atoms with van der Waals surface area (Å²) in [4.78, 5) is 29.8. The molecule has 0 saturated heterocycles. The van der Waals surface area contributed by atoms with Crippen LogP contribution in [-0.4, -0.2) is 45.1 Å². The van der Waals surface area contributed by atoms with Gasteiger partial charge >= 0.3 is 6.18 Å². The second-order valence-corrected chi connectivity index (χ2v) is 6.55. The van der Waals surface area contributed by atoms with Crippen molar-refractivity contribution < 1.29 is 22.8 Å². The van der Waals surface area contributed by atoms with Gasteiger partial charge in [0.05, 0.1) is 23.5 Å². The van der Waals surface area contributed by atoms with Gasteiger partial charge in [0.1, 0.15) is 0 Å². The van der Waals surface area contributed by atoms with E-state index in [0.29, 0.717) is 5.16 Å². The van der Waals surface area contributed by atoms with Crippen LogP contribution in [0.4, 0.5) is 18.9 Å². The van der Waals surface area contributed by atoms with Crippen molar-refractivity contribution in [2.45, 2.75) is 18.3 Å². The number of anilines is 1. The van der Waals surface area contributed by atoms with Gasteiger partial charge in [-0.25, -0.2) is 4.98 Å². The molecule has 0 unspecified atom stereocenters. The van der Waals surface area contributed by atoms with Crippen LogP contribution in [0, 0.1) is 0 Å². The maximum atomic E-state index is 13.0. The molecule has 27 heavy (non-hydrogen) atoms. The molecule has 0 radical (unpaired) electrons. The normalized spacial score (nSPS) is 11.3. The minimum absolute atomic E-state index is 0.0745. The Balaban J connectivity index is 1.97. The number of halogens is 3. The van der Waals surface area contributed by atoms with Crippen molar-refractivity contribution in [3.8, 4) is 0 Å². The van der Waals surface area contributed by atoms with Crippen LogP contribution in [0.5, 0.6) is 0 Å². The van der Waals surface area contributed by atoms with Crippen LogP contribution < -0.4 is 5.32 Å². The summed E-state index contributed by atoms with van der Waals surface area (Å²) in [5.41, 5.74) is -1.26. The van der Waals surface area contributed by atoms with Crippen molar-refractivity contribution >= 4 is 29.3 Å². The molecule has 146 valence electrons. The molecule has 0 aliphatic rings. The van der Waals surface area contributed by atoms with Crippen LogP contribution in [0.25, 0.3) is 0 Å². The average molecular weight is 400 g/mol. The van der Waals surface area contributed by atoms with Crippen molar-refractivity contribution in [2.24, 2.45) is 7.05 Å². The highest BCUT2D eigenvalue weighted by molar-refractivity contribution is 7.99. The zero-order valence-corrected chi connectivity index (χ0v) is 15.6. The number of nitrogens with zero attached hydrogens (tertiary/aromatic N) is 3. The molecule has 1 aromatic heterocycles. The lowest BCUT2D eigenvalue weighted by atomic mass is 10.1. The maximum absolute atomic E-state index is 13.0. The van der Waals surface area contributed by atoms with Crippen LogP contribution in [0.15, 0.2) is 41.8 Å². The van der Waals surface area contributed by atoms with Gasteiger partial charge in [0, 0.05) is 26.0 Å². The van der Waals surface area contributed by atoms with Crippen LogP contribution in [0.3, 0.4) is 0 Å². The minimum atomic E-state index is -4.58. The largest absolute Gasteiger partial charge is 0.418 e. The van der Waals surface area contributed by atoms with E-state index in [1.807, 2.05) is 0 Å².